The van der Waals surface area contributed by atoms with Crippen molar-refractivity contribution in [1.29, 1.82) is 0 Å². The van der Waals surface area contributed by atoms with Crippen molar-refractivity contribution in [3.8, 4) is 0 Å². The first-order chi connectivity index (χ1) is 11.7. The summed E-state index contributed by atoms with van der Waals surface area (Å²) in [6.45, 7) is 8.83. The maximum atomic E-state index is 12.4. The Morgan fingerprint density at radius 1 is 1.28 bits per heavy atom. The fourth-order valence-corrected chi connectivity index (χ4v) is 9.54. The normalized spacial score (nSPS) is 30.7. The molecule has 0 amide bonds. The monoisotopic (exact) mass is 362 g/mol. The summed E-state index contributed by atoms with van der Waals surface area (Å²) in [6, 6.07) is 10.5. The van der Waals surface area contributed by atoms with Gasteiger partial charge in [0, 0.05) is 18.4 Å². The molecule has 138 valence electrons. The van der Waals surface area contributed by atoms with E-state index in [0.29, 0.717) is 5.92 Å². The number of hydrogen-bond donors (Lipinski definition) is 0. The molecule has 5 heteroatoms. The Kier molecular flexibility index (Phi) is 5.89. The third kappa shape index (κ3) is 3.44. The molecule has 5 atom stereocenters. The molecule has 2 rings (SSSR count). The maximum Gasteiger partial charge on any atom is 0.335 e. The Balaban J connectivity index is 2.56. The topological polar surface area (TPSA) is 52.6 Å². The van der Waals surface area contributed by atoms with Crippen molar-refractivity contribution >= 4 is 25.5 Å². The van der Waals surface area contributed by atoms with E-state index in [1.807, 2.05) is 13.0 Å². The lowest BCUT2D eigenvalue weighted by atomic mass is 9.77. The first kappa shape index (κ1) is 19.9. The summed E-state index contributed by atoms with van der Waals surface area (Å²) in [5.74, 6) is -0.235. The number of rotatable bonds is 6. The van der Waals surface area contributed by atoms with E-state index in [9.17, 15) is 9.59 Å². The van der Waals surface area contributed by atoms with E-state index in [4.69, 9.17) is 9.47 Å². The van der Waals surface area contributed by atoms with Gasteiger partial charge in [-0.2, -0.15) is 0 Å². The number of esters is 1. The van der Waals surface area contributed by atoms with Crippen molar-refractivity contribution in [2.24, 2.45) is 17.3 Å². The molecule has 0 aromatic heterocycles. The summed E-state index contributed by atoms with van der Waals surface area (Å²) < 4.78 is 10.6. The van der Waals surface area contributed by atoms with Gasteiger partial charge < -0.3 is 14.3 Å². The molecule has 0 bridgehead atoms. The van der Waals surface area contributed by atoms with Crippen LogP contribution >= 0.6 is 0 Å². The van der Waals surface area contributed by atoms with Gasteiger partial charge in [-0.05, 0) is 17.9 Å². The van der Waals surface area contributed by atoms with Gasteiger partial charge in [0.1, 0.15) is 6.29 Å². The number of methoxy groups -OCH3 is 2. The van der Waals surface area contributed by atoms with E-state index in [1.165, 1.54) is 19.4 Å². The Morgan fingerprint density at radius 2 is 1.88 bits per heavy atom. The van der Waals surface area contributed by atoms with E-state index in [0.717, 1.165) is 12.7 Å². The lowest BCUT2D eigenvalue weighted by Gasteiger charge is -2.41. The SMILES string of the molecule is COC(=O)[C@H](OC)[C@H]1[C@H]([Si](C)(C)c2ccccc2)[C@@H](C)C[C@@]1(C)C=O. The quantitative estimate of drug-likeness (QED) is 0.443. The minimum absolute atomic E-state index is 0.181. The van der Waals surface area contributed by atoms with Crippen LogP contribution in [0.5, 0.6) is 0 Å². The summed E-state index contributed by atoms with van der Waals surface area (Å²) in [6.07, 6.45) is 1.08. The van der Waals surface area contributed by atoms with Gasteiger partial charge in [-0.3, -0.25) is 0 Å². The Labute approximate surface area is 151 Å². The highest BCUT2D eigenvalue weighted by Gasteiger charge is 2.59. The van der Waals surface area contributed by atoms with Gasteiger partial charge in [-0.15, -0.1) is 0 Å². The number of benzene rings is 1. The smallest absolute Gasteiger partial charge is 0.335 e. The largest absolute Gasteiger partial charge is 0.467 e. The summed E-state index contributed by atoms with van der Waals surface area (Å²) in [7, 11) is 0.945. The van der Waals surface area contributed by atoms with Gasteiger partial charge in [-0.1, -0.05) is 62.5 Å². The number of hydrogen-bond acceptors (Lipinski definition) is 4. The van der Waals surface area contributed by atoms with E-state index >= 15 is 0 Å². The zero-order chi connectivity index (χ0) is 18.8. The lowest BCUT2D eigenvalue weighted by molar-refractivity contribution is -0.158. The molecule has 0 radical (unpaired) electrons. The van der Waals surface area contributed by atoms with Crippen molar-refractivity contribution in [2.45, 2.75) is 45.0 Å². The Hall–Kier alpha value is -1.46. The molecule has 4 nitrogen and oxygen atoms in total. The molecule has 1 saturated carbocycles. The van der Waals surface area contributed by atoms with Crippen LogP contribution in [0.25, 0.3) is 0 Å². The maximum absolute atomic E-state index is 12.4. The molecule has 1 aromatic rings. The van der Waals surface area contributed by atoms with Crippen LogP contribution in [0.1, 0.15) is 20.3 Å². The van der Waals surface area contributed by atoms with Gasteiger partial charge in [0.2, 0.25) is 0 Å². The predicted octanol–water partition coefficient (Wildman–Crippen LogP) is 3.02. The highest BCUT2D eigenvalue weighted by atomic mass is 28.3. The minimum atomic E-state index is -1.96. The van der Waals surface area contributed by atoms with Gasteiger partial charge in [0.25, 0.3) is 0 Å². The number of aldehydes is 1. The Bertz CT molecular complexity index is 615. The third-order valence-electron chi connectivity index (χ3n) is 6.16. The number of ether oxygens (including phenoxy) is 2. The highest BCUT2D eigenvalue weighted by molar-refractivity contribution is 6.91. The second-order valence-electron chi connectivity index (χ2n) is 8.12. The average Bonchev–Trinajstić information content (AvgIpc) is 2.88. The molecule has 25 heavy (non-hydrogen) atoms. The molecule has 1 aromatic carbocycles. The first-order valence-electron chi connectivity index (χ1n) is 8.85. The van der Waals surface area contributed by atoms with Gasteiger partial charge >= 0.3 is 5.97 Å². The summed E-state index contributed by atoms with van der Waals surface area (Å²) >= 11 is 0. The van der Waals surface area contributed by atoms with E-state index in [-0.39, 0.29) is 11.5 Å². The average molecular weight is 363 g/mol. The molecule has 0 aliphatic heterocycles. The number of carbonyl (C=O) groups is 2. The van der Waals surface area contributed by atoms with E-state index < -0.39 is 25.6 Å². The zero-order valence-corrected chi connectivity index (χ0v) is 17.1. The van der Waals surface area contributed by atoms with Crippen LogP contribution in [-0.2, 0) is 19.1 Å². The van der Waals surface area contributed by atoms with Crippen LogP contribution in [0.2, 0.25) is 18.6 Å². The first-order valence-corrected chi connectivity index (χ1v) is 11.9. The molecular weight excluding hydrogens is 332 g/mol. The summed E-state index contributed by atoms with van der Waals surface area (Å²) in [4.78, 5) is 24.4. The minimum Gasteiger partial charge on any atom is -0.467 e. The van der Waals surface area contributed by atoms with Crippen LogP contribution < -0.4 is 5.19 Å². The third-order valence-corrected chi connectivity index (χ3v) is 10.6. The summed E-state index contributed by atoms with van der Waals surface area (Å²) in [5, 5.41) is 1.34. The molecule has 1 fully saturated rings. The van der Waals surface area contributed by atoms with Crippen molar-refractivity contribution < 1.29 is 19.1 Å². The van der Waals surface area contributed by atoms with Gasteiger partial charge in [0.05, 0.1) is 15.2 Å². The van der Waals surface area contributed by atoms with E-state index in [2.05, 4.69) is 44.3 Å². The zero-order valence-electron chi connectivity index (χ0n) is 16.1. The van der Waals surface area contributed by atoms with Crippen LogP contribution in [-0.4, -0.2) is 40.7 Å². The van der Waals surface area contributed by atoms with Gasteiger partial charge in [-0.25, -0.2) is 4.79 Å². The fourth-order valence-electron chi connectivity index (χ4n) is 5.11. The molecule has 1 aliphatic carbocycles. The number of carbonyl (C=O) groups excluding carboxylic acids is 2. The molecule has 0 N–H and O–H groups in total. The molecule has 0 saturated heterocycles. The van der Waals surface area contributed by atoms with Crippen molar-refractivity contribution in [3.63, 3.8) is 0 Å². The van der Waals surface area contributed by atoms with Crippen LogP contribution in [0.3, 0.4) is 0 Å². The fraction of sp³-hybridized carbons (Fsp3) is 0.600. The van der Waals surface area contributed by atoms with Crippen LogP contribution in [0.15, 0.2) is 30.3 Å². The molecular formula is C20H30O4Si. The standard InChI is InChI=1S/C20H30O4Si/c1-14-12-20(2,13-21)16(17(23-3)19(22)24-4)18(14)25(5,6)15-10-8-7-9-11-15/h7-11,13-14,16-18H,12H2,1-6H3/t14-,16-,17+,18+,20-/m0/s1. The van der Waals surface area contributed by atoms with Crippen LogP contribution in [0.4, 0.5) is 0 Å². The lowest BCUT2D eigenvalue weighted by Crippen LogP contribution is -2.53. The van der Waals surface area contributed by atoms with Crippen molar-refractivity contribution in [3.05, 3.63) is 30.3 Å². The molecule has 0 heterocycles. The highest BCUT2D eigenvalue weighted by Crippen LogP contribution is 2.57. The molecule has 0 unspecified atom stereocenters. The van der Waals surface area contributed by atoms with Crippen molar-refractivity contribution in [1.82, 2.24) is 0 Å². The van der Waals surface area contributed by atoms with Gasteiger partial charge in [0.15, 0.2) is 6.10 Å². The van der Waals surface area contributed by atoms with Crippen molar-refractivity contribution in [2.75, 3.05) is 14.2 Å². The van der Waals surface area contributed by atoms with E-state index in [1.54, 1.807) is 0 Å². The van der Waals surface area contributed by atoms with Crippen LogP contribution in [0, 0.1) is 17.3 Å². The Morgan fingerprint density at radius 3 is 2.36 bits per heavy atom. The molecule has 1 aliphatic rings. The molecule has 0 spiro atoms. The summed E-state index contributed by atoms with van der Waals surface area (Å²) in [5.41, 5.74) is -0.341. The predicted molar refractivity (Wildman–Crippen MR) is 102 cm³/mol. The second-order valence-corrected chi connectivity index (χ2v) is 12.8. The second kappa shape index (κ2) is 7.42.